The SMILES string of the molecule is Cc1ccc(N2C(=O)/C(=C\c3ccc4c(c3)OCCO4)c3ccccc3C2=O)cc1. The number of benzene rings is 3. The number of fused-ring (bicyclic) bond motifs is 2. The van der Waals surface area contributed by atoms with Crippen molar-refractivity contribution in [1.29, 1.82) is 0 Å². The van der Waals surface area contributed by atoms with Gasteiger partial charge in [0.1, 0.15) is 13.2 Å². The van der Waals surface area contributed by atoms with E-state index >= 15 is 0 Å². The van der Waals surface area contributed by atoms with Crippen LogP contribution in [-0.2, 0) is 4.79 Å². The van der Waals surface area contributed by atoms with E-state index in [1.807, 2.05) is 55.5 Å². The summed E-state index contributed by atoms with van der Waals surface area (Å²) in [5, 5.41) is 0. The van der Waals surface area contributed by atoms with Crippen LogP contribution >= 0.6 is 0 Å². The number of ether oxygens (including phenoxy) is 2. The highest BCUT2D eigenvalue weighted by Gasteiger charge is 2.35. The molecule has 0 bridgehead atoms. The van der Waals surface area contributed by atoms with Gasteiger partial charge in [-0.3, -0.25) is 9.59 Å². The third-order valence-electron chi connectivity index (χ3n) is 5.25. The Morgan fingerprint density at radius 3 is 2.27 bits per heavy atom. The van der Waals surface area contributed by atoms with Crippen molar-refractivity contribution >= 4 is 29.2 Å². The van der Waals surface area contributed by atoms with Crippen LogP contribution in [0.2, 0.25) is 0 Å². The zero-order valence-electron chi connectivity index (χ0n) is 16.4. The highest BCUT2D eigenvalue weighted by atomic mass is 16.6. The van der Waals surface area contributed by atoms with Gasteiger partial charge < -0.3 is 9.47 Å². The maximum atomic E-state index is 13.5. The molecule has 0 unspecified atom stereocenters. The quantitative estimate of drug-likeness (QED) is 0.472. The van der Waals surface area contributed by atoms with Gasteiger partial charge in [0.15, 0.2) is 11.5 Å². The average molecular weight is 397 g/mol. The van der Waals surface area contributed by atoms with Crippen LogP contribution in [0.1, 0.15) is 27.0 Å². The first kappa shape index (κ1) is 18.2. The molecule has 2 aliphatic heterocycles. The highest BCUT2D eigenvalue weighted by molar-refractivity contribution is 6.43. The van der Waals surface area contributed by atoms with Crippen LogP contribution in [0.5, 0.6) is 11.5 Å². The lowest BCUT2D eigenvalue weighted by atomic mass is 9.91. The second-order valence-corrected chi connectivity index (χ2v) is 7.29. The summed E-state index contributed by atoms with van der Waals surface area (Å²) in [5.74, 6) is 0.671. The molecule has 0 spiro atoms. The fourth-order valence-corrected chi connectivity index (χ4v) is 3.74. The molecule has 0 aliphatic carbocycles. The van der Waals surface area contributed by atoms with Gasteiger partial charge in [0.05, 0.1) is 5.69 Å². The Bertz CT molecular complexity index is 1190. The van der Waals surface area contributed by atoms with Crippen molar-refractivity contribution in [1.82, 2.24) is 0 Å². The molecule has 3 aromatic rings. The van der Waals surface area contributed by atoms with E-state index in [0.717, 1.165) is 11.1 Å². The minimum Gasteiger partial charge on any atom is -0.486 e. The fourth-order valence-electron chi connectivity index (χ4n) is 3.74. The number of carbonyl (C=O) groups excluding carboxylic acids is 2. The molecule has 5 heteroatoms. The van der Waals surface area contributed by atoms with Crippen molar-refractivity contribution < 1.29 is 19.1 Å². The van der Waals surface area contributed by atoms with E-state index in [1.54, 1.807) is 24.3 Å². The Hall–Kier alpha value is -3.86. The Morgan fingerprint density at radius 1 is 0.800 bits per heavy atom. The summed E-state index contributed by atoms with van der Waals surface area (Å²) < 4.78 is 11.2. The van der Waals surface area contributed by atoms with Crippen LogP contribution < -0.4 is 14.4 Å². The van der Waals surface area contributed by atoms with Crippen LogP contribution in [-0.4, -0.2) is 25.0 Å². The molecule has 0 aromatic heterocycles. The van der Waals surface area contributed by atoms with Crippen molar-refractivity contribution in [2.24, 2.45) is 0 Å². The van der Waals surface area contributed by atoms with E-state index in [1.165, 1.54) is 4.90 Å². The largest absolute Gasteiger partial charge is 0.486 e. The maximum absolute atomic E-state index is 13.5. The first-order valence-corrected chi connectivity index (χ1v) is 9.78. The number of hydrogen-bond acceptors (Lipinski definition) is 4. The topological polar surface area (TPSA) is 55.8 Å². The van der Waals surface area contributed by atoms with Crippen LogP contribution in [0.4, 0.5) is 5.69 Å². The second kappa shape index (κ2) is 7.19. The van der Waals surface area contributed by atoms with Crippen LogP contribution in [0, 0.1) is 6.92 Å². The van der Waals surface area contributed by atoms with Gasteiger partial charge in [0.2, 0.25) is 0 Å². The van der Waals surface area contributed by atoms with Crippen LogP contribution in [0.15, 0.2) is 66.7 Å². The first-order chi connectivity index (χ1) is 14.6. The van der Waals surface area contributed by atoms with Crippen LogP contribution in [0.25, 0.3) is 11.6 Å². The maximum Gasteiger partial charge on any atom is 0.265 e. The summed E-state index contributed by atoms with van der Waals surface area (Å²) in [5.41, 5.74) is 4.01. The molecule has 0 atom stereocenters. The van der Waals surface area contributed by atoms with E-state index in [9.17, 15) is 9.59 Å². The Kier molecular flexibility index (Phi) is 4.36. The van der Waals surface area contributed by atoms with E-state index in [-0.39, 0.29) is 11.8 Å². The molecular formula is C25H19NO4. The third-order valence-corrected chi connectivity index (χ3v) is 5.25. The number of nitrogens with zero attached hydrogens (tertiary/aromatic N) is 1. The summed E-state index contributed by atoms with van der Waals surface area (Å²) in [4.78, 5) is 27.8. The zero-order valence-corrected chi connectivity index (χ0v) is 16.4. The van der Waals surface area contributed by atoms with Gasteiger partial charge in [-0.15, -0.1) is 0 Å². The average Bonchev–Trinajstić information content (AvgIpc) is 2.78. The number of rotatable bonds is 2. The van der Waals surface area contributed by atoms with Crippen molar-refractivity contribution in [3.63, 3.8) is 0 Å². The molecule has 148 valence electrons. The van der Waals surface area contributed by atoms with Gasteiger partial charge in [0, 0.05) is 11.1 Å². The Morgan fingerprint density at radius 2 is 1.50 bits per heavy atom. The van der Waals surface area contributed by atoms with Crippen molar-refractivity contribution in [2.45, 2.75) is 6.92 Å². The number of hydrogen-bond donors (Lipinski definition) is 0. The van der Waals surface area contributed by atoms with E-state index < -0.39 is 0 Å². The molecular weight excluding hydrogens is 378 g/mol. The predicted molar refractivity (Wildman–Crippen MR) is 115 cm³/mol. The van der Waals surface area contributed by atoms with Gasteiger partial charge in [0.25, 0.3) is 11.8 Å². The molecule has 2 heterocycles. The number of imide groups is 1. The van der Waals surface area contributed by atoms with E-state index in [2.05, 4.69) is 0 Å². The van der Waals surface area contributed by atoms with Gasteiger partial charge in [-0.1, -0.05) is 42.0 Å². The molecule has 0 saturated carbocycles. The van der Waals surface area contributed by atoms with E-state index in [0.29, 0.717) is 47.1 Å². The molecule has 5 rings (SSSR count). The lowest BCUT2D eigenvalue weighted by Gasteiger charge is -2.29. The minimum absolute atomic E-state index is 0.321. The number of aryl methyl sites for hydroxylation is 1. The summed E-state index contributed by atoms with van der Waals surface area (Å²) >= 11 is 0. The van der Waals surface area contributed by atoms with Gasteiger partial charge in [-0.25, -0.2) is 4.90 Å². The lowest BCUT2D eigenvalue weighted by molar-refractivity contribution is -0.112. The second-order valence-electron chi connectivity index (χ2n) is 7.29. The number of anilines is 1. The summed E-state index contributed by atoms with van der Waals surface area (Å²) in [6.45, 7) is 2.98. The van der Waals surface area contributed by atoms with Gasteiger partial charge in [-0.2, -0.15) is 0 Å². The summed E-state index contributed by atoms with van der Waals surface area (Å²) in [7, 11) is 0. The minimum atomic E-state index is -0.350. The Balaban J connectivity index is 1.64. The van der Waals surface area contributed by atoms with Crippen molar-refractivity contribution in [3.8, 4) is 11.5 Å². The molecule has 5 nitrogen and oxygen atoms in total. The third kappa shape index (κ3) is 3.05. The molecule has 0 saturated heterocycles. The number of amides is 2. The first-order valence-electron chi connectivity index (χ1n) is 9.78. The zero-order chi connectivity index (χ0) is 20.7. The highest BCUT2D eigenvalue weighted by Crippen LogP contribution is 2.36. The molecule has 30 heavy (non-hydrogen) atoms. The molecule has 2 amide bonds. The smallest absolute Gasteiger partial charge is 0.265 e. The molecule has 0 radical (unpaired) electrons. The molecule has 2 aliphatic rings. The van der Waals surface area contributed by atoms with Gasteiger partial charge in [-0.05, 0) is 54.5 Å². The van der Waals surface area contributed by atoms with Crippen molar-refractivity contribution in [2.75, 3.05) is 18.1 Å². The molecule has 3 aromatic carbocycles. The normalized spacial score (nSPS) is 16.6. The molecule has 0 fully saturated rings. The number of carbonyl (C=O) groups is 2. The van der Waals surface area contributed by atoms with Gasteiger partial charge >= 0.3 is 0 Å². The van der Waals surface area contributed by atoms with E-state index in [4.69, 9.17) is 9.47 Å². The monoisotopic (exact) mass is 397 g/mol. The fraction of sp³-hybridized carbons (Fsp3) is 0.120. The predicted octanol–water partition coefficient (Wildman–Crippen LogP) is 4.49. The Labute approximate surface area is 174 Å². The summed E-state index contributed by atoms with van der Waals surface area (Å²) in [6, 6.07) is 20.1. The standard InChI is InChI=1S/C25H19NO4/c1-16-6-9-18(10-7-16)26-24(27)20-5-3-2-4-19(20)21(25(26)28)14-17-8-11-22-23(15-17)30-13-12-29-22/h2-11,14-15H,12-13H2,1H3/b21-14-. The van der Waals surface area contributed by atoms with Crippen LogP contribution in [0.3, 0.4) is 0 Å². The lowest BCUT2D eigenvalue weighted by Crippen LogP contribution is -2.41. The molecule has 0 N–H and O–H groups in total. The summed E-state index contributed by atoms with van der Waals surface area (Å²) in [6.07, 6.45) is 1.80. The van der Waals surface area contributed by atoms with Crippen molar-refractivity contribution in [3.05, 3.63) is 89.0 Å².